The molecule has 8 heteroatoms. The van der Waals surface area contributed by atoms with Crippen molar-refractivity contribution in [1.29, 1.82) is 0 Å². The van der Waals surface area contributed by atoms with E-state index in [1.165, 1.54) is 0 Å². The van der Waals surface area contributed by atoms with Crippen LogP contribution in [0.3, 0.4) is 0 Å². The minimum atomic E-state index is -0.710. The van der Waals surface area contributed by atoms with Crippen molar-refractivity contribution in [3.8, 4) is 0 Å². The van der Waals surface area contributed by atoms with E-state index >= 15 is 0 Å². The number of nitrogens with zero attached hydrogens (tertiary/aromatic N) is 3. The molecule has 8 nitrogen and oxygen atoms in total. The first-order valence-electron chi connectivity index (χ1n) is 11.5. The van der Waals surface area contributed by atoms with Crippen molar-refractivity contribution in [2.45, 2.75) is 52.9 Å². The van der Waals surface area contributed by atoms with Gasteiger partial charge in [-0.05, 0) is 66.1 Å². The Morgan fingerprint density at radius 3 is 1.82 bits per heavy atom. The van der Waals surface area contributed by atoms with E-state index in [2.05, 4.69) is 6.07 Å². The molecule has 0 spiro atoms. The fourth-order valence-electron chi connectivity index (χ4n) is 4.12. The molecule has 176 valence electrons. The van der Waals surface area contributed by atoms with Crippen LogP contribution in [-0.2, 0) is 24.4 Å². The molecule has 1 atom stereocenters. The fraction of sp³-hybridized carbons (Fsp3) is 0.308. The van der Waals surface area contributed by atoms with Crippen molar-refractivity contribution in [2.24, 2.45) is 0 Å². The molecule has 0 fully saturated rings. The molecule has 0 aliphatic rings. The van der Waals surface area contributed by atoms with Gasteiger partial charge in [-0.25, -0.2) is 32.9 Å². The molecule has 4 rings (SSSR count). The third kappa shape index (κ3) is 4.19. The molecular weight excluding hydrogens is 434 g/mol. The first-order valence-corrected chi connectivity index (χ1v) is 11.5. The summed E-state index contributed by atoms with van der Waals surface area (Å²) in [4.78, 5) is 50.8. The van der Waals surface area contributed by atoms with Crippen LogP contribution in [0.15, 0.2) is 69.0 Å². The van der Waals surface area contributed by atoms with E-state index in [1.807, 2.05) is 43.3 Å². The van der Waals surface area contributed by atoms with Gasteiger partial charge in [0.15, 0.2) is 0 Å². The van der Waals surface area contributed by atoms with Gasteiger partial charge in [-0.2, -0.15) is 0 Å². The van der Waals surface area contributed by atoms with Crippen LogP contribution in [0.25, 0.3) is 21.5 Å². The number of benzene rings is 3. The topological polar surface area (TPSA) is 92.3 Å². The maximum absolute atomic E-state index is 12.9. The van der Waals surface area contributed by atoms with Gasteiger partial charge in [0.1, 0.15) is 6.10 Å². The Labute approximate surface area is 195 Å². The van der Waals surface area contributed by atoms with Crippen LogP contribution < -0.4 is 17.1 Å². The Morgan fingerprint density at radius 2 is 1.26 bits per heavy atom. The summed E-state index contributed by atoms with van der Waals surface area (Å²) < 4.78 is 8.67. The van der Waals surface area contributed by atoms with Crippen LogP contribution in [0.4, 0.5) is 0 Å². The Morgan fingerprint density at radius 1 is 0.735 bits per heavy atom. The molecule has 1 aromatic heterocycles. The minimum absolute atomic E-state index is 0.127. The average molecular weight is 462 g/mol. The SMILES string of the molecule is CCC(Cn1c(=O)n(CC)c(=O)n(CC)c1=O)OC(=O)c1ccc2cc3ccccc3cc2c1. The van der Waals surface area contributed by atoms with Gasteiger partial charge in [0.05, 0.1) is 12.1 Å². The van der Waals surface area contributed by atoms with Crippen LogP contribution in [0.1, 0.15) is 37.6 Å². The maximum atomic E-state index is 12.9. The highest BCUT2D eigenvalue weighted by atomic mass is 16.5. The first-order chi connectivity index (χ1) is 16.4. The van der Waals surface area contributed by atoms with Gasteiger partial charge in [0.2, 0.25) is 0 Å². The van der Waals surface area contributed by atoms with E-state index in [9.17, 15) is 19.2 Å². The van der Waals surface area contributed by atoms with E-state index in [-0.39, 0.29) is 19.6 Å². The van der Waals surface area contributed by atoms with Gasteiger partial charge in [0, 0.05) is 13.1 Å². The van der Waals surface area contributed by atoms with Crippen molar-refractivity contribution in [3.63, 3.8) is 0 Å². The summed E-state index contributed by atoms with van der Waals surface area (Å²) in [5.41, 5.74) is -1.65. The number of hydrogen-bond donors (Lipinski definition) is 0. The maximum Gasteiger partial charge on any atom is 0.338 e. The van der Waals surface area contributed by atoms with E-state index in [0.29, 0.717) is 12.0 Å². The lowest BCUT2D eigenvalue weighted by Crippen LogP contribution is -2.55. The number of ether oxygens (including phenoxy) is 1. The second-order valence-corrected chi connectivity index (χ2v) is 8.14. The quantitative estimate of drug-likeness (QED) is 0.311. The highest BCUT2D eigenvalue weighted by Crippen LogP contribution is 2.24. The highest BCUT2D eigenvalue weighted by molar-refractivity contribution is 6.01. The normalized spacial score (nSPS) is 12.2. The molecule has 1 unspecified atom stereocenters. The Balaban J connectivity index is 1.63. The summed E-state index contributed by atoms with van der Waals surface area (Å²) in [6.07, 6.45) is -0.314. The molecule has 0 radical (unpaired) electrons. The van der Waals surface area contributed by atoms with Crippen molar-refractivity contribution in [1.82, 2.24) is 13.7 Å². The fourth-order valence-corrected chi connectivity index (χ4v) is 4.12. The standard InChI is InChI=1S/C26H27N3O5/c1-4-22(16-29-25(32)27(5-2)24(31)28(6-3)26(29)33)34-23(30)20-12-11-19-13-17-9-7-8-10-18(17)14-21(19)15-20/h7-15,22H,4-6,16H2,1-3H3. The Hall–Kier alpha value is -3.94. The van der Waals surface area contributed by atoms with Crippen LogP contribution in [0.5, 0.6) is 0 Å². The zero-order valence-electron chi connectivity index (χ0n) is 19.5. The molecule has 0 bridgehead atoms. The molecule has 0 amide bonds. The summed E-state index contributed by atoms with van der Waals surface area (Å²) in [7, 11) is 0. The predicted molar refractivity (Wildman–Crippen MR) is 132 cm³/mol. The molecule has 0 saturated heterocycles. The number of esters is 1. The number of hydrogen-bond acceptors (Lipinski definition) is 5. The number of rotatable bonds is 7. The monoisotopic (exact) mass is 461 g/mol. The highest BCUT2D eigenvalue weighted by Gasteiger charge is 2.20. The van der Waals surface area contributed by atoms with Crippen LogP contribution in [0, 0.1) is 0 Å². The van der Waals surface area contributed by atoms with Crippen molar-refractivity contribution >= 4 is 27.5 Å². The molecule has 0 aliphatic carbocycles. The lowest BCUT2D eigenvalue weighted by molar-refractivity contribution is 0.0242. The molecule has 0 N–H and O–H groups in total. The van der Waals surface area contributed by atoms with Gasteiger partial charge in [-0.15, -0.1) is 0 Å². The van der Waals surface area contributed by atoms with Crippen molar-refractivity contribution in [3.05, 3.63) is 91.6 Å². The van der Waals surface area contributed by atoms with Crippen LogP contribution in [0.2, 0.25) is 0 Å². The van der Waals surface area contributed by atoms with E-state index in [1.54, 1.807) is 26.0 Å². The molecule has 3 aromatic carbocycles. The van der Waals surface area contributed by atoms with Gasteiger partial charge < -0.3 is 4.74 Å². The Kier molecular flexibility index (Phi) is 6.49. The van der Waals surface area contributed by atoms with Crippen molar-refractivity contribution < 1.29 is 9.53 Å². The van der Waals surface area contributed by atoms with Gasteiger partial charge in [-0.1, -0.05) is 37.3 Å². The molecule has 34 heavy (non-hydrogen) atoms. The van der Waals surface area contributed by atoms with Gasteiger partial charge in [0.25, 0.3) is 0 Å². The smallest absolute Gasteiger partial charge is 0.338 e. The molecule has 0 saturated carbocycles. The van der Waals surface area contributed by atoms with E-state index < -0.39 is 29.1 Å². The third-order valence-corrected chi connectivity index (χ3v) is 6.07. The Bertz CT molecular complexity index is 1520. The summed E-state index contributed by atoms with van der Waals surface area (Å²) in [5, 5.41) is 4.12. The molecule has 4 aromatic rings. The third-order valence-electron chi connectivity index (χ3n) is 6.07. The second kappa shape index (κ2) is 9.51. The summed E-state index contributed by atoms with van der Waals surface area (Å²) in [6, 6.07) is 17.5. The van der Waals surface area contributed by atoms with Crippen LogP contribution in [-0.4, -0.2) is 25.8 Å². The summed E-state index contributed by atoms with van der Waals surface area (Å²) >= 11 is 0. The van der Waals surface area contributed by atoms with Gasteiger partial charge in [-0.3, -0.25) is 0 Å². The number of fused-ring (bicyclic) bond motifs is 2. The molecule has 1 heterocycles. The summed E-state index contributed by atoms with van der Waals surface area (Å²) in [6.45, 7) is 5.29. The molecule has 0 aliphatic heterocycles. The predicted octanol–water partition coefficient (Wildman–Crippen LogP) is 3.15. The van der Waals surface area contributed by atoms with Crippen molar-refractivity contribution in [2.75, 3.05) is 0 Å². The zero-order chi connectivity index (χ0) is 24.4. The van der Waals surface area contributed by atoms with Gasteiger partial charge >= 0.3 is 23.0 Å². The van der Waals surface area contributed by atoms with E-state index in [4.69, 9.17) is 4.74 Å². The first kappa shape index (κ1) is 23.2. The summed E-state index contributed by atoms with van der Waals surface area (Å²) in [5.74, 6) is -0.533. The largest absolute Gasteiger partial charge is 0.457 e. The lowest BCUT2D eigenvalue weighted by Gasteiger charge is -2.19. The van der Waals surface area contributed by atoms with E-state index in [0.717, 1.165) is 35.2 Å². The number of carbonyl (C=O) groups is 1. The number of carbonyl (C=O) groups excluding carboxylic acids is 1. The average Bonchev–Trinajstić information content (AvgIpc) is 2.84. The number of aromatic nitrogens is 3. The minimum Gasteiger partial charge on any atom is -0.457 e. The van der Waals surface area contributed by atoms with Crippen LogP contribution >= 0.6 is 0 Å². The lowest BCUT2D eigenvalue weighted by atomic mass is 10.0. The zero-order valence-corrected chi connectivity index (χ0v) is 19.5. The second-order valence-electron chi connectivity index (χ2n) is 8.14. The molecular formula is C26H27N3O5.